The van der Waals surface area contributed by atoms with E-state index in [1.807, 2.05) is 24.3 Å². The third-order valence-corrected chi connectivity index (χ3v) is 4.56. The monoisotopic (exact) mass is 288 g/mol. The van der Waals surface area contributed by atoms with Crippen LogP contribution in [-0.2, 0) is 4.79 Å². The van der Waals surface area contributed by atoms with Crippen LogP contribution in [0.3, 0.4) is 0 Å². The first-order valence-electron chi connectivity index (χ1n) is 8.26. The van der Waals surface area contributed by atoms with E-state index in [4.69, 9.17) is 5.73 Å². The summed E-state index contributed by atoms with van der Waals surface area (Å²) in [5, 5.41) is 0. The summed E-state index contributed by atoms with van der Waals surface area (Å²) >= 11 is 0. The van der Waals surface area contributed by atoms with E-state index in [0.29, 0.717) is 18.4 Å². The molecule has 2 N–H and O–H groups in total. The number of hydrogen-bond acceptors (Lipinski definition) is 2. The van der Waals surface area contributed by atoms with Crippen LogP contribution in [0, 0.1) is 0 Å². The molecule has 0 spiro atoms. The molecule has 1 saturated heterocycles. The Hall–Kier alpha value is -1.51. The number of nitrogen functional groups attached to an aromatic ring is 1. The average Bonchev–Trinajstić information content (AvgIpc) is 2.48. The number of amides is 1. The summed E-state index contributed by atoms with van der Waals surface area (Å²) in [5.41, 5.74) is 7.69. The van der Waals surface area contributed by atoms with Gasteiger partial charge in [-0.3, -0.25) is 4.79 Å². The van der Waals surface area contributed by atoms with Crippen LogP contribution in [0.1, 0.15) is 63.9 Å². The maximum atomic E-state index is 12.6. The first-order valence-corrected chi connectivity index (χ1v) is 8.26. The number of piperidine rings is 1. The molecule has 1 amide bonds. The van der Waals surface area contributed by atoms with Crippen molar-refractivity contribution in [2.24, 2.45) is 0 Å². The smallest absolute Gasteiger partial charge is 0.223 e. The number of nitrogens with two attached hydrogens (primary N) is 1. The van der Waals surface area contributed by atoms with Crippen molar-refractivity contribution >= 4 is 11.6 Å². The molecule has 2 rings (SSSR count). The lowest BCUT2D eigenvalue weighted by Gasteiger charge is -2.36. The first kappa shape index (κ1) is 15.9. The third kappa shape index (κ3) is 4.23. The molecule has 1 fully saturated rings. The number of nitrogens with zero attached hydrogens (tertiary/aromatic N) is 1. The van der Waals surface area contributed by atoms with Gasteiger partial charge in [0.25, 0.3) is 0 Å². The average molecular weight is 288 g/mol. The lowest BCUT2D eigenvalue weighted by Crippen LogP contribution is -2.44. The highest BCUT2D eigenvalue weighted by Gasteiger charge is 2.26. The molecule has 0 radical (unpaired) electrons. The van der Waals surface area contributed by atoms with Crippen molar-refractivity contribution in [2.45, 2.75) is 64.3 Å². The highest BCUT2D eigenvalue weighted by atomic mass is 16.2. The number of benzene rings is 1. The van der Waals surface area contributed by atoms with Gasteiger partial charge in [0.05, 0.1) is 0 Å². The van der Waals surface area contributed by atoms with Gasteiger partial charge in [-0.2, -0.15) is 0 Å². The Kier molecular flexibility index (Phi) is 5.66. The fourth-order valence-corrected chi connectivity index (χ4v) is 3.28. The van der Waals surface area contributed by atoms with Gasteiger partial charge < -0.3 is 10.6 Å². The second-order valence-corrected chi connectivity index (χ2v) is 6.30. The zero-order valence-corrected chi connectivity index (χ0v) is 13.3. The van der Waals surface area contributed by atoms with Crippen LogP contribution < -0.4 is 5.73 Å². The van der Waals surface area contributed by atoms with E-state index in [0.717, 1.165) is 31.5 Å². The van der Waals surface area contributed by atoms with Crippen LogP contribution in [0.2, 0.25) is 0 Å². The van der Waals surface area contributed by atoms with Crippen molar-refractivity contribution in [3.63, 3.8) is 0 Å². The second kappa shape index (κ2) is 7.48. The third-order valence-electron chi connectivity index (χ3n) is 4.56. The highest BCUT2D eigenvalue weighted by molar-refractivity contribution is 5.77. The predicted molar refractivity (Wildman–Crippen MR) is 88.1 cm³/mol. The lowest BCUT2D eigenvalue weighted by atomic mass is 9.94. The van der Waals surface area contributed by atoms with E-state index < -0.39 is 0 Å². The molecule has 3 nitrogen and oxygen atoms in total. The molecule has 1 aliphatic heterocycles. The molecule has 0 bridgehead atoms. The van der Waals surface area contributed by atoms with Crippen molar-refractivity contribution in [2.75, 3.05) is 12.3 Å². The van der Waals surface area contributed by atoms with Gasteiger partial charge in [0.1, 0.15) is 0 Å². The second-order valence-electron chi connectivity index (χ2n) is 6.30. The van der Waals surface area contributed by atoms with E-state index in [-0.39, 0.29) is 5.92 Å². The molecule has 2 unspecified atom stereocenters. The largest absolute Gasteiger partial charge is 0.399 e. The number of rotatable bonds is 5. The molecule has 0 aliphatic carbocycles. The van der Waals surface area contributed by atoms with E-state index in [2.05, 4.69) is 18.7 Å². The minimum absolute atomic E-state index is 0.252. The van der Waals surface area contributed by atoms with Gasteiger partial charge in [0, 0.05) is 24.7 Å². The normalized spacial score (nSPS) is 20.3. The minimum Gasteiger partial charge on any atom is -0.399 e. The lowest BCUT2D eigenvalue weighted by molar-refractivity contribution is -0.135. The first-order chi connectivity index (χ1) is 10.1. The van der Waals surface area contributed by atoms with Gasteiger partial charge in [-0.05, 0) is 49.3 Å². The van der Waals surface area contributed by atoms with Crippen LogP contribution >= 0.6 is 0 Å². The summed E-state index contributed by atoms with van der Waals surface area (Å²) in [6.45, 7) is 5.27. The van der Waals surface area contributed by atoms with Crippen LogP contribution in [-0.4, -0.2) is 23.4 Å². The molecule has 0 aromatic heterocycles. The van der Waals surface area contributed by atoms with Crippen LogP contribution in [0.4, 0.5) is 5.69 Å². The fourth-order valence-electron chi connectivity index (χ4n) is 3.28. The Labute approximate surface area is 128 Å². The molecular formula is C18H28N2O. The van der Waals surface area contributed by atoms with E-state index >= 15 is 0 Å². The summed E-state index contributed by atoms with van der Waals surface area (Å²) in [5.74, 6) is 0.569. The van der Waals surface area contributed by atoms with Gasteiger partial charge in [-0.15, -0.1) is 0 Å². The summed E-state index contributed by atoms with van der Waals surface area (Å²) in [4.78, 5) is 14.8. The Morgan fingerprint density at radius 2 is 2.05 bits per heavy atom. The molecule has 2 atom stereocenters. The molecule has 1 heterocycles. The van der Waals surface area contributed by atoms with Gasteiger partial charge in [-0.1, -0.05) is 32.4 Å². The molecule has 116 valence electrons. The molecule has 0 saturated carbocycles. The Balaban J connectivity index is 1.97. The Morgan fingerprint density at radius 1 is 1.33 bits per heavy atom. The Morgan fingerprint density at radius 3 is 2.71 bits per heavy atom. The molecule has 1 aromatic carbocycles. The maximum Gasteiger partial charge on any atom is 0.223 e. The number of carbonyl (C=O) groups excluding carboxylic acids is 1. The van der Waals surface area contributed by atoms with Crippen molar-refractivity contribution in [3.05, 3.63) is 29.8 Å². The van der Waals surface area contributed by atoms with Gasteiger partial charge in [-0.25, -0.2) is 0 Å². The Bertz CT molecular complexity index is 453. The van der Waals surface area contributed by atoms with Gasteiger partial charge >= 0.3 is 0 Å². The summed E-state index contributed by atoms with van der Waals surface area (Å²) in [6.07, 6.45) is 6.49. The number of hydrogen-bond donors (Lipinski definition) is 1. The topological polar surface area (TPSA) is 46.3 Å². The van der Waals surface area contributed by atoms with Crippen LogP contribution in [0.15, 0.2) is 24.3 Å². The number of likely N-dealkylation sites (tertiary alicyclic amines) is 1. The quantitative estimate of drug-likeness (QED) is 0.834. The van der Waals surface area contributed by atoms with Gasteiger partial charge in [0.15, 0.2) is 0 Å². The maximum absolute atomic E-state index is 12.6. The fraction of sp³-hybridized carbons (Fsp3) is 0.611. The zero-order chi connectivity index (χ0) is 15.2. The number of anilines is 1. The predicted octanol–water partition coefficient (Wildman–Crippen LogP) is 3.94. The standard InChI is InChI=1S/C18H28N2O/c1-3-6-17-7-4-5-12-20(17)18(21)13-14(2)15-8-10-16(19)11-9-15/h8-11,14,17H,3-7,12-13,19H2,1-2H3. The summed E-state index contributed by atoms with van der Waals surface area (Å²) in [7, 11) is 0. The number of carbonyl (C=O) groups is 1. The van der Waals surface area contributed by atoms with Crippen molar-refractivity contribution in [1.29, 1.82) is 0 Å². The van der Waals surface area contributed by atoms with E-state index in [9.17, 15) is 4.79 Å². The van der Waals surface area contributed by atoms with Crippen molar-refractivity contribution in [1.82, 2.24) is 4.90 Å². The minimum atomic E-state index is 0.252. The van der Waals surface area contributed by atoms with E-state index in [1.54, 1.807) is 0 Å². The van der Waals surface area contributed by atoms with Crippen LogP contribution in [0.25, 0.3) is 0 Å². The molecule has 1 aromatic rings. The van der Waals surface area contributed by atoms with Crippen molar-refractivity contribution in [3.8, 4) is 0 Å². The molecule has 1 aliphatic rings. The summed E-state index contributed by atoms with van der Waals surface area (Å²) in [6, 6.07) is 8.36. The molecule has 3 heteroatoms. The zero-order valence-electron chi connectivity index (χ0n) is 13.3. The highest BCUT2D eigenvalue weighted by Crippen LogP contribution is 2.26. The summed E-state index contributed by atoms with van der Waals surface area (Å²) < 4.78 is 0. The van der Waals surface area contributed by atoms with Crippen molar-refractivity contribution < 1.29 is 4.79 Å². The van der Waals surface area contributed by atoms with E-state index in [1.165, 1.54) is 18.4 Å². The SMILES string of the molecule is CCCC1CCCCN1C(=O)CC(C)c1ccc(N)cc1. The van der Waals surface area contributed by atoms with Crippen LogP contribution in [0.5, 0.6) is 0 Å². The molecular weight excluding hydrogens is 260 g/mol. The molecule has 21 heavy (non-hydrogen) atoms. The van der Waals surface area contributed by atoms with Gasteiger partial charge in [0.2, 0.25) is 5.91 Å².